The lowest BCUT2D eigenvalue weighted by molar-refractivity contribution is -0.661. The monoisotopic (exact) mass is 258 g/mol. The molecule has 0 N–H and O–H groups in total. The fraction of sp³-hybridized carbons (Fsp3) is 0.105. The van der Waals surface area contributed by atoms with E-state index in [-0.39, 0.29) is 6.04 Å². The summed E-state index contributed by atoms with van der Waals surface area (Å²) in [6.45, 7) is 6.22. The van der Waals surface area contributed by atoms with E-state index in [1.807, 2.05) is 6.08 Å². The van der Waals surface area contributed by atoms with Crippen LogP contribution in [-0.2, 0) is 0 Å². The van der Waals surface area contributed by atoms with Crippen molar-refractivity contribution >= 4 is 10.9 Å². The summed E-state index contributed by atoms with van der Waals surface area (Å²) < 4.78 is 2.40. The van der Waals surface area contributed by atoms with Crippen LogP contribution in [0.3, 0.4) is 0 Å². The molecule has 96 valence electrons. The van der Waals surface area contributed by atoms with Gasteiger partial charge >= 0.3 is 0 Å². The first kappa shape index (κ1) is 11.4. The Morgan fingerprint density at radius 3 is 2.70 bits per heavy atom. The topological polar surface area (TPSA) is 3.88 Å². The van der Waals surface area contributed by atoms with Gasteiger partial charge in [0.1, 0.15) is 0 Å². The molecule has 0 amide bonds. The summed E-state index contributed by atoms with van der Waals surface area (Å²) in [4.78, 5) is 0. The van der Waals surface area contributed by atoms with Crippen LogP contribution < -0.4 is 4.57 Å². The van der Waals surface area contributed by atoms with Crippen LogP contribution in [0.4, 0.5) is 0 Å². The van der Waals surface area contributed by atoms with E-state index < -0.39 is 0 Å². The van der Waals surface area contributed by atoms with E-state index in [9.17, 15) is 0 Å². The molecule has 0 fully saturated rings. The molecule has 3 aromatic rings. The first-order valence-corrected chi connectivity index (χ1v) is 6.97. The number of hydrogen-bond donors (Lipinski definition) is 0. The van der Waals surface area contributed by atoms with E-state index in [0.717, 1.165) is 0 Å². The van der Waals surface area contributed by atoms with Crippen LogP contribution in [-0.4, -0.2) is 0 Å². The van der Waals surface area contributed by atoms with E-state index in [1.54, 1.807) is 0 Å². The van der Waals surface area contributed by atoms with E-state index in [2.05, 4.69) is 72.7 Å². The highest BCUT2D eigenvalue weighted by atomic mass is 15.0. The number of pyridine rings is 1. The van der Waals surface area contributed by atoms with Gasteiger partial charge in [-0.3, -0.25) is 0 Å². The van der Waals surface area contributed by atoms with Crippen LogP contribution in [0.2, 0.25) is 0 Å². The Labute approximate surface area is 118 Å². The number of allylic oxidation sites excluding steroid dienone is 1. The lowest BCUT2D eigenvalue weighted by Crippen LogP contribution is -2.37. The van der Waals surface area contributed by atoms with Gasteiger partial charge in [0.05, 0.1) is 5.56 Å². The van der Waals surface area contributed by atoms with Gasteiger partial charge < -0.3 is 0 Å². The SMILES string of the molecule is C=C[C@H]1c2ccccc2-c2ccc3c(C)cccc3[n+]21. The summed E-state index contributed by atoms with van der Waals surface area (Å²) in [7, 11) is 0. The molecule has 1 heteroatoms. The minimum atomic E-state index is 0.228. The van der Waals surface area contributed by atoms with Gasteiger partial charge in [0.15, 0.2) is 0 Å². The zero-order valence-corrected chi connectivity index (χ0v) is 11.5. The first-order chi connectivity index (χ1) is 9.81. The maximum Gasteiger partial charge on any atom is 0.214 e. The lowest BCUT2D eigenvalue weighted by atomic mass is 10.0. The molecular formula is C19H16N+. The minimum absolute atomic E-state index is 0.228. The highest BCUT2D eigenvalue weighted by Crippen LogP contribution is 2.35. The van der Waals surface area contributed by atoms with Crippen molar-refractivity contribution in [3.05, 3.63) is 78.4 Å². The molecule has 0 unspecified atom stereocenters. The maximum absolute atomic E-state index is 4.05. The summed E-state index contributed by atoms with van der Waals surface area (Å²) in [6, 6.07) is 19.8. The van der Waals surface area contributed by atoms with Crippen LogP contribution >= 0.6 is 0 Å². The predicted molar refractivity (Wildman–Crippen MR) is 82.7 cm³/mol. The second-order valence-corrected chi connectivity index (χ2v) is 5.36. The molecule has 1 nitrogen and oxygen atoms in total. The van der Waals surface area contributed by atoms with Gasteiger partial charge in [0, 0.05) is 23.1 Å². The Morgan fingerprint density at radius 2 is 1.85 bits per heavy atom. The third-order valence-corrected chi connectivity index (χ3v) is 4.28. The van der Waals surface area contributed by atoms with E-state index in [4.69, 9.17) is 0 Å². The third-order valence-electron chi connectivity index (χ3n) is 4.28. The summed E-state index contributed by atoms with van der Waals surface area (Å²) in [5.74, 6) is 0. The summed E-state index contributed by atoms with van der Waals surface area (Å²) >= 11 is 0. The molecule has 1 atom stereocenters. The number of nitrogens with zero attached hydrogens (tertiary/aromatic N) is 1. The molecule has 1 aromatic heterocycles. The van der Waals surface area contributed by atoms with Crippen LogP contribution in [0.1, 0.15) is 17.2 Å². The average molecular weight is 258 g/mol. The van der Waals surface area contributed by atoms with Crippen molar-refractivity contribution in [2.24, 2.45) is 0 Å². The zero-order chi connectivity index (χ0) is 13.7. The normalized spacial score (nSPS) is 15.9. The largest absolute Gasteiger partial charge is 0.214 e. The summed E-state index contributed by atoms with van der Waals surface area (Å²) in [5, 5.41) is 1.32. The maximum atomic E-state index is 4.05. The lowest BCUT2D eigenvalue weighted by Gasteiger charge is -2.06. The number of aryl methyl sites for hydroxylation is 1. The zero-order valence-electron chi connectivity index (χ0n) is 11.5. The molecule has 0 bridgehead atoms. The molecule has 0 radical (unpaired) electrons. The fourth-order valence-electron chi connectivity index (χ4n) is 3.34. The first-order valence-electron chi connectivity index (χ1n) is 6.97. The molecule has 1 aliphatic rings. The van der Waals surface area contributed by atoms with E-state index in [0.29, 0.717) is 0 Å². The van der Waals surface area contributed by atoms with Crippen molar-refractivity contribution in [1.82, 2.24) is 0 Å². The highest BCUT2D eigenvalue weighted by molar-refractivity contribution is 5.82. The fourth-order valence-corrected chi connectivity index (χ4v) is 3.34. The van der Waals surface area contributed by atoms with Crippen molar-refractivity contribution in [3.8, 4) is 11.3 Å². The van der Waals surface area contributed by atoms with Crippen LogP contribution in [0.5, 0.6) is 0 Å². The minimum Gasteiger partial charge on any atom is -0.180 e. The van der Waals surface area contributed by atoms with Crippen molar-refractivity contribution in [2.75, 3.05) is 0 Å². The van der Waals surface area contributed by atoms with E-state index >= 15 is 0 Å². The molecule has 2 heterocycles. The molecule has 0 spiro atoms. The van der Waals surface area contributed by atoms with Gasteiger partial charge in [-0.25, -0.2) is 0 Å². The molecule has 0 saturated heterocycles. The Hall–Kier alpha value is -2.41. The predicted octanol–water partition coefficient (Wildman–Crippen LogP) is 4.19. The number of fused-ring (bicyclic) bond motifs is 5. The van der Waals surface area contributed by atoms with Gasteiger partial charge in [-0.2, -0.15) is 4.57 Å². The quantitative estimate of drug-likeness (QED) is 0.455. The molecule has 0 saturated carbocycles. The highest BCUT2D eigenvalue weighted by Gasteiger charge is 2.35. The van der Waals surface area contributed by atoms with Crippen LogP contribution in [0.15, 0.2) is 67.3 Å². The smallest absolute Gasteiger partial charge is 0.180 e. The Bertz CT molecular complexity index is 846. The van der Waals surface area contributed by atoms with Crippen molar-refractivity contribution in [3.63, 3.8) is 0 Å². The standard InChI is InChI=1S/C19H16N/c1-3-17-15-8-4-5-9-16(15)19-12-11-14-13(2)7-6-10-18(14)20(17)19/h3-12,17H,1H2,2H3/q+1/t17-/m0/s1. The molecule has 0 aliphatic carbocycles. The van der Waals surface area contributed by atoms with Gasteiger partial charge in [0.2, 0.25) is 17.3 Å². The molecular weight excluding hydrogens is 242 g/mol. The second kappa shape index (κ2) is 4.04. The Morgan fingerprint density at radius 1 is 1.00 bits per heavy atom. The number of aromatic nitrogens is 1. The number of benzene rings is 2. The Balaban J connectivity index is 2.16. The number of rotatable bonds is 1. The molecule has 2 aromatic carbocycles. The third kappa shape index (κ3) is 1.35. The molecule has 20 heavy (non-hydrogen) atoms. The summed E-state index contributed by atoms with van der Waals surface area (Å²) in [6.07, 6.45) is 2.04. The van der Waals surface area contributed by atoms with Gasteiger partial charge in [0.25, 0.3) is 0 Å². The van der Waals surface area contributed by atoms with Crippen LogP contribution in [0, 0.1) is 6.92 Å². The van der Waals surface area contributed by atoms with Gasteiger partial charge in [-0.1, -0.05) is 36.9 Å². The van der Waals surface area contributed by atoms with Crippen molar-refractivity contribution in [1.29, 1.82) is 0 Å². The molecule has 4 rings (SSSR count). The van der Waals surface area contributed by atoms with Crippen molar-refractivity contribution in [2.45, 2.75) is 13.0 Å². The van der Waals surface area contributed by atoms with Crippen molar-refractivity contribution < 1.29 is 4.57 Å². The summed E-state index contributed by atoms with van der Waals surface area (Å²) in [5.41, 5.74) is 6.54. The van der Waals surface area contributed by atoms with Gasteiger partial charge in [-0.15, -0.1) is 0 Å². The van der Waals surface area contributed by atoms with Gasteiger partial charge in [-0.05, 0) is 30.7 Å². The molecule has 1 aliphatic heterocycles. The Kier molecular flexibility index (Phi) is 2.31. The van der Waals surface area contributed by atoms with Crippen LogP contribution in [0.25, 0.3) is 22.2 Å². The average Bonchev–Trinajstić information content (AvgIpc) is 2.82. The van der Waals surface area contributed by atoms with E-state index in [1.165, 1.54) is 33.3 Å². The number of hydrogen-bond acceptors (Lipinski definition) is 0. The second-order valence-electron chi connectivity index (χ2n) is 5.36.